The van der Waals surface area contributed by atoms with Gasteiger partial charge in [-0.3, -0.25) is 4.99 Å². The van der Waals surface area contributed by atoms with Crippen molar-refractivity contribution in [2.45, 2.75) is 19.9 Å². The highest BCUT2D eigenvalue weighted by Gasteiger charge is 2.05. The maximum Gasteiger partial charge on any atom is 0.344 e. The molecule has 0 aliphatic carbocycles. The quantitative estimate of drug-likeness (QED) is 0.221. The number of ether oxygens (including phenoxy) is 2. The molecule has 0 atom stereocenters. The van der Waals surface area contributed by atoms with Crippen LogP contribution in [0.5, 0.6) is 5.75 Å². The molecule has 0 saturated carbocycles. The largest absolute Gasteiger partial charge is 0.481 e. The number of nitrogens with two attached hydrogens (primary N) is 2. The monoisotopic (exact) mass is 281 g/mol. The van der Waals surface area contributed by atoms with Crippen LogP contribution < -0.4 is 20.8 Å². The van der Waals surface area contributed by atoms with E-state index in [1.165, 1.54) is 0 Å². The molecule has 7 heteroatoms. The number of hydrogen-bond acceptors (Lipinski definition) is 4. The lowest BCUT2D eigenvalue weighted by Gasteiger charge is -2.05. The van der Waals surface area contributed by atoms with E-state index in [0.717, 1.165) is 13.0 Å². The second kappa shape index (κ2) is 8.73. The van der Waals surface area contributed by atoms with Crippen molar-refractivity contribution in [1.82, 2.24) is 0 Å². The number of aromatic nitrogens is 1. The molecule has 20 heavy (non-hydrogen) atoms. The van der Waals surface area contributed by atoms with Crippen LogP contribution in [0.3, 0.4) is 0 Å². The minimum Gasteiger partial charge on any atom is -0.481 e. The highest BCUT2D eigenvalue weighted by molar-refractivity contribution is 5.75. The second-order valence-electron chi connectivity index (χ2n) is 4.09. The van der Waals surface area contributed by atoms with E-state index < -0.39 is 5.97 Å². The van der Waals surface area contributed by atoms with E-state index in [1.807, 2.05) is 29.1 Å². The van der Waals surface area contributed by atoms with Crippen molar-refractivity contribution in [1.29, 1.82) is 0 Å². The van der Waals surface area contributed by atoms with Gasteiger partial charge in [-0.15, -0.1) is 0 Å². The zero-order chi connectivity index (χ0) is 14.8. The maximum atomic E-state index is 11.4. The van der Waals surface area contributed by atoms with Crippen molar-refractivity contribution in [2.75, 3.05) is 19.8 Å². The van der Waals surface area contributed by atoms with E-state index in [4.69, 9.17) is 20.9 Å². The first-order valence-corrected chi connectivity index (χ1v) is 6.44. The fourth-order valence-electron chi connectivity index (χ4n) is 1.47. The predicted octanol–water partition coefficient (Wildman–Crippen LogP) is -0.420. The van der Waals surface area contributed by atoms with Gasteiger partial charge in [-0.05, 0) is 0 Å². The van der Waals surface area contributed by atoms with Gasteiger partial charge in [0.2, 0.25) is 0 Å². The smallest absolute Gasteiger partial charge is 0.344 e. The summed E-state index contributed by atoms with van der Waals surface area (Å²) in [5.41, 5.74) is 10.3. The molecule has 1 aromatic rings. The molecule has 0 unspecified atom stereocenters. The average molecular weight is 281 g/mol. The first kappa shape index (κ1) is 15.7. The van der Waals surface area contributed by atoms with E-state index in [1.54, 1.807) is 0 Å². The molecular weight excluding hydrogens is 260 g/mol. The summed E-state index contributed by atoms with van der Waals surface area (Å²) in [4.78, 5) is 15.1. The number of pyridine rings is 1. The van der Waals surface area contributed by atoms with Crippen LogP contribution in [0.1, 0.15) is 13.3 Å². The Kier molecular flexibility index (Phi) is 6.88. The minimum atomic E-state index is -0.457. The summed E-state index contributed by atoms with van der Waals surface area (Å²) >= 11 is 0. The van der Waals surface area contributed by atoms with Gasteiger partial charge in [0, 0.05) is 18.6 Å². The SMILES string of the molecule is CCC[n+]1ccc(OCC(=O)OCCN=C(N)N)cc1. The average Bonchev–Trinajstić information content (AvgIpc) is 2.43. The molecule has 0 fully saturated rings. The van der Waals surface area contributed by atoms with Crippen molar-refractivity contribution in [3.8, 4) is 5.75 Å². The zero-order valence-corrected chi connectivity index (χ0v) is 11.6. The van der Waals surface area contributed by atoms with Gasteiger partial charge in [0.25, 0.3) is 0 Å². The molecule has 1 aromatic heterocycles. The Hall–Kier alpha value is -2.31. The Morgan fingerprint density at radius 1 is 1.35 bits per heavy atom. The first-order valence-electron chi connectivity index (χ1n) is 6.44. The number of carbonyl (C=O) groups excluding carboxylic acids is 1. The van der Waals surface area contributed by atoms with Crippen LogP contribution in [-0.4, -0.2) is 31.7 Å². The highest BCUT2D eigenvalue weighted by Crippen LogP contribution is 2.06. The summed E-state index contributed by atoms with van der Waals surface area (Å²) in [5.74, 6) is 0.140. The van der Waals surface area contributed by atoms with Gasteiger partial charge >= 0.3 is 5.97 Å². The van der Waals surface area contributed by atoms with Gasteiger partial charge in [-0.25, -0.2) is 9.36 Å². The van der Waals surface area contributed by atoms with Crippen LogP contribution in [0.25, 0.3) is 0 Å². The van der Waals surface area contributed by atoms with Crippen molar-refractivity contribution in [3.05, 3.63) is 24.5 Å². The Morgan fingerprint density at radius 2 is 2.05 bits per heavy atom. The summed E-state index contributed by atoms with van der Waals surface area (Å²) in [6, 6.07) is 3.62. The van der Waals surface area contributed by atoms with Gasteiger partial charge in [0.15, 0.2) is 25.0 Å². The van der Waals surface area contributed by atoms with Crippen LogP contribution in [0, 0.1) is 0 Å². The zero-order valence-electron chi connectivity index (χ0n) is 11.6. The van der Waals surface area contributed by atoms with Crippen molar-refractivity contribution in [3.63, 3.8) is 0 Å². The Morgan fingerprint density at radius 3 is 2.65 bits per heavy atom. The van der Waals surface area contributed by atoms with Crippen LogP contribution >= 0.6 is 0 Å². The number of aliphatic imine (C=N–C) groups is 1. The van der Waals surface area contributed by atoms with Crippen molar-refractivity contribution in [2.24, 2.45) is 16.5 Å². The van der Waals surface area contributed by atoms with Gasteiger partial charge in [0.1, 0.15) is 18.9 Å². The molecule has 0 amide bonds. The number of nitrogens with zero attached hydrogens (tertiary/aromatic N) is 2. The topological polar surface area (TPSA) is 104 Å². The minimum absolute atomic E-state index is 0.0260. The maximum absolute atomic E-state index is 11.4. The van der Waals surface area contributed by atoms with Crippen molar-refractivity contribution >= 4 is 11.9 Å². The number of guanidine groups is 1. The summed E-state index contributed by atoms with van der Waals surface area (Å²) in [6.07, 6.45) is 4.87. The molecular formula is C13H21N4O3+. The highest BCUT2D eigenvalue weighted by atomic mass is 16.6. The Labute approximate surface area is 118 Å². The number of carbonyl (C=O) groups is 1. The normalized spacial score (nSPS) is 9.85. The van der Waals surface area contributed by atoms with E-state index in [0.29, 0.717) is 5.75 Å². The third-order valence-electron chi connectivity index (χ3n) is 2.35. The molecule has 0 bridgehead atoms. The van der Waals surface area contributed by atoms with Gasteiger partial charge < -0.3 is 20.9 Å². The second-order valence-corrected chi connectivity index (χ2v) is 4.09. The molecule has 0 radical (unpaired) electrons. The lowest BCUT2D eigenvalue weighted by Crippen LogP contribution is -2.32. The van der Waals surface area contributed by atoms with Gasteiger partial charge in [-0.2, -0.15) is 0 Å². The standard InChI is InChI=1S/C13H21N4O3/c1-2-6-17-7-3-11(4-8-17)20-10-12(18)19-9-5-16-13(14)15/h3-4,7-8H,2,5-6,9-10H2,1H3,(H4,14,15,16)/q+1. The van der Waals surface area contributed by atoms with Crippen LogP contribution in [0.2, 0.25) is 0 Å². The van der Waals surface area contributed by atoms with E-state index in [9.17, 15) is 4.79 Å². The summed E-state index contributed by atoms with van der Waals surface area (Å²) in [5, 5.41) is 0. The van der Waals surface area contributed by atoms with Gasteiger partial charge in [0.05, 0.1) is 6.54 Å². The lowest BCUT2D eigenvalue weighted by molar-refractivity contribution is -0.697. The van der Waals surface area contributed by atoms with E-state index in [-0.39, 0.29) is 25.7 Å². The molecule has 1 rings (SSSR count). The molecule has 0 spiro atoms. The fourth-order valence-corrected chi connectivity index (χ4v) is 1.47. The summed E-state index contributed by atoms with van der Waals surface area (Å²) in [6.45, 7) is 3.30. The van der Waals surface area contributed by atoms with Crippen LogP contribution in [-0.2, 0) is 16.1 Å². The number of aryl methyl sites for hydroxylation is 1. The lowest BCUT2D eigenvalue weighted by atomic mass is 10.4. The molecule has 0 aromatic carbocycles. The molecule has 110 valence electrons. The number of rotatable bonds is 8. The van der Waals surface area contributed by atoms with E-state index in [2.05, 4.69) is 11.9 Å². The predicted molar refractivity (Wildman–Crippen MR) is 74.1 cm³/mol. The molecule has 0 saturated heterocycles. The Bertz CT molecular complexity index is 441. The fraction of sp³-hybridized carbons (Fsp3) is 0.462. The van der Waals surface area contributed by atoms with Crippen LogP contribution in [0.15, 0.2) is 29.5 Å². The third-order valence-corrected chi connectivity index (χ3v) is 2.35. The molecule has 7 nitrogen and oxygen atoms in total. The third kappa shape index (κ3) is 6.58. The molecule has 1 heterocycles. The van der Waals surface area contributed by atoms with Crippen LogP contribution in [0.4, 0.5) is 0 Å². The molecule has 0 aliphatic heterocycles. The van der Waals surface area contributed by atoms with E-state index >= 15 is 0 Å². The first-order chi connectivity index (χ1) is 9.61. The van der Waals surface area contributed by atoms with Crippen molar-refractivity contribution < 1.29 is 18.8 Å². The Balaban J connectivity index is 2.25. The number of esters is 1. The van der Waals surface area contributed by atoms with Gasteiger partial charge in [-0.1, -0.05) is 6.92 Å². The molecule has 4 N–H and O–H groups in total. The summed E-state index contributed by atoms with van der Waals surface area (Å²) in [7, 11) is 0. The summed E-state index contributed by atoms with van der Waals surface area (Å²) < 4.78 is 12.2. The molecule has 0 aliphatic rings. The number of hydrogen-bond donors (Lipinski definition) is 2.